The number of ether oxygens (including phenoxy) is 1. The van der Waals surface area contributed by atoms with Crippen LogP contribution in [0.3, 0.4) is 0 Å². The summed E-state index contributed by atoms with van der Waals surface area (Å²) < 4.78 is 50.0. The van der Waals surface area contributed by atoms with Crippen LogP contribution in [0.15, 0.2) is 72.1 Å². The highest BCUT2D eigenvalue weighted by Gasteiger charge is 2.19. The number of imidazole rings is 1. The first kappa shape index (κ1) is 32.0. The van der Waals surface area contributed by atoms with Gasteiger partial charge in [-0.15, -0.1) is 0 Å². The molecule has 0 aliphatic carbocycles. The van der Waals surface area contributed by atoms with E-state index < -0.39 is 27.9 Å². The molecular formula is C28H31ClFN7O5S. The van der Waals surface area contributed by atoms with E-state index in [9.17, 15) is 17.6 Å². The van der Waals surface area contributed by atoms with Crippen LogP contribution in [-0.4, -0.2) is 64.2 Å². The number of rotatable bonds is 8. The van der Waals surface area contributed by atoms with Crippen LogP contribution < -0.4 is 16.4 Å². The molecule has 0 saturated carbocycles. The van der Waals surface area contributed by atoms with Gasteiger partial charge in [0.25, 0.3) is 16.0 Å². The van der Waals surface area contributed by atoms with E-state index in [1.54, 1.807) is 41.2 Å². The third-order valence-electron chi connectivity index (χ3n) is 6.43. The number of nitrogens with one attached hydrogen (secondary N) is 2. The molecule has 1 amide bonds. The summed E-state index contributed by atoms with van der Waals surface area (Å²) in [5, 5.41) is 6.34. The van der Waals surface area contributed by atoms with E-state index in [1.165, 1.54) is 30.6 Å². The second-order valence-corrected chi connectivity index (χ2v) is 11.5. The topological polar surface area (TPSA) is 174 Å². The van der Waals surface area contributed by atoms with Gasteiger partial charge in [0.2, 0.25) is 5.95 Å². The monoisotopic (exact) mass is 631 g/mol. The standard InChI is InChI=1S/C22H25ClFN7O2.C6H6O3S/c1-13-10-26-22(28-17-2-4-33-5-3-17)30-20(13)31-11-19(27-12-31)21(32)29-18(9-25)14-6-15(23)8-16(24)7-14;7-10(8,9)6-4-2-1-3-5-6/h6-8,10-12,17-18H,2-5,9,25H2,1H3,(H,29,32)(H,26,28,30);1-5H,(H,7,8,9). The zero-order valence-corrected chi connectivity index (χ0v) is 24.7. The number of amides is 1. The molecule has 1 unspecified atom stereocenters. The fourth-order valence-corrected chi connectivity index (χ4v) is 4.95. The maximum Gasteiger partial charge on any atom is 0.294 e. The summed E-state index contributed by atoms with van der Waals surface area (Å²) in [6.07, 6.45) is 6.59. The lowest BCUT2D eigenvalue weighted by molar-refractivity contribution is 0.0903. The van der Waals surface area contributed by atoms with E-state index in [-0.39, 0.29) is 28.2 Å². The zero-order valence-electron chi connectivity index (χ0n) is 23.2. The molecule has 1 saturated heterocycles. The van der Waals surface area contributed by atoms with Crippen molar-refractivity contribution in [3.8, 4) is 5.82 Å². The van der Waals surface area contributed by atoms with Gasteiger partial charge in [-0.3, -0.25) is 13.9 Å². The summed E-state index contributed by atoms with van der Waals surface area (Å²) in [6.45, 7) is 3.37. The Morgan fingerprint density at radius 1 is 1.21 bits per heavy atom. The van der Waals surface area contributed by atoms with E-state index in [0.29, 0.717) is 30.5 Å². The molecule has 2 aromatic heterocycles. The number of anilines is 1. The van der Waals surface area contributed by atoms with Gasteiger partial charge in [0.1, 0.15) is 23.7 Å². The van der Waals surface area contributed by atoms with Crippen molar-refractivity contribution < 1.29 is 26.9 Å². The minimum Gasteiger partial charge on any atom is -0.381 e. The Labute approximate surface area is 253 Å². The SMILES string of the molecule is Cc1cnc(NC2CCOCC2)nc1-n1cnc(C(=O)NC(CN)c2cc(F)cc(Cl)c2)c1.O=S(=O)(O)c1ccccc1. The smallest absolute Gasteiger partial charge is 0.294 e. The lowest BCUT2D eigenvalue weighted by Gasteiger charge is -2.23. The first-order valence-electron chi connectivity index (χ1n) is 13.2. The summed E-state index contributed by atoms with van der Waals surface area (Å²) in [5.41, 5.74) is 7.28. The molecule has 5 rings (SSSR count). The number of aromatic nitrogens is 4. The number of halogens is 2. The number of hydrogen-bond acceptors (Lipinski definition) is 9. The van der Waals surface area contributed by atoms with Crippen LogP contribution in [0.25, 0.3) is 5.82 Å². The van der Waals surface area contributed by atoms with Crippen LogP contribution in [0.1, 0.15) is 40.5 Å². The van der Waals surface area contributed by atoms with E-state index in [2.05, 4.69) is 25.6 Å². The number of nitrogens with zero attached hydrogens (tertiary/aromatic N) is 4. The molecule has 0 bridgehead atoms. The maximum absolute atomic E-state index is 13.7. The van der Waals surface area contributed by atoms with Crippen molar-refractivity contribution >= 4 is 33.6 Å². The molecule has 12 nitrogen and oxygen atoms in total. The fraction of sp³-hybridized carbons (Fsp3) is 0.286. The van der Waals surface area contributed by atoms with Crippen LogP contribution >= 0.6 is 11.6 Å². The molecule has 1 aliphatic heterocycles. The molecule has 15 heteroatoms. The lowest BCUT2D eigenvalue weighted by Crippen LogP contribution is -2.33. The Balaban J connectivity index is 0.000000359. The maximum atomic E-state index is 13.7. The molecule has 1 atom stereocenters. The van der Waals surface area contributed by atoms with E-state index >= 15 is 0 Å². The second kappa shape index (κ2) is 14.5. The van der Waals surface area contributed by atoms with Crippen LogP contribution in [0.4, 0.5) is 10.3 Å². The van der Waals surface area contributed by atoms with Gasteiger partial charge in [0.15, 0.2) is 0 Å². The summed E-state index contributed by atoms with van der Waals surface area (Å²) in [6, 6.07) is 11.1. The van der Waals surface area contributed by atoms with Gasteiger partial charge in [0, 0.05) is 48.8 Å². The minimum atomic E-state index is -4.00. The van der Waals surface area contributed by atoms with Crippen molar-refractivity contribution in [3.05, 3.63) is 94.9 Å². The molecule has 43 heavy (non-hydrogen) atoms. The van der Waals surface area contributed by atoms with Crippen LogP contribution in [0.5, 0.6) is 0 Å². The average Bonchev–Trinajstić information content (AvgIpc) is 3.48. The summed E-state index contributed by atoms with van der Waals surface area (Å²) in [5.74, 6) is 0.169. The Morgan fingerprint density at radius 3 is 2.56 bits per heavy atom. The third-order valence-corrected chi connectivity index (χ3v) is 7.51. The van der Waals surface area contributed by atoms with Crippen LogP contribution in [-0.2, 0) is 14.9 Å². The van der Waals surface area contributed by atoms with E-state index in [4.69, 9.17) is 26.6 Å². The fourth-order valence-electron chi connectivity index (χ4n) is 4.22. The van der Waals surface area contributed by atoms with E-state index in [0.717, 1.165) is 18.4 Å². The number of carbonyl (C=O) groups is 1. The van der Waals surface area contributed by atoms with Crippen molar-refractivity contribution in [1.82, 2.24) is 24.8 Å². The molecule has 0 spiro atoms. The Morgan fingerprint density at radius 2 is 1.93 bits per heavy atom. The highest BCUT2D eigenvalue weighted by molar-refractivity contribution is 7.85. The first-order valence-corrected chi connectivity index (χ1v) is 15.1. The average molecular weight is 632 g/mol. The molecule has 2 aromatic carbocycles. The number of benzene rings is 2. The molecule has 5 N–H and O–H groups in total. The molecule has 0 radical (unpaired) electrons. The molecule has 228 valence electrons. The van der Waals surface area contributed by atoms with Crippen LogP contribution in [0.2, 0.25) is 5.02 Å². The highest BCUT2D eigenvalue weighted by Crippen LogP contribution is 2.21. The Kier molecular flexibility index (Phi) is 10.8. The van der Waals surface area contributed by atoms with Gasteiger partial charge >= 0.3 is 0 Å². The normalized spacial score (nSPS) is 14.3. The summed E-state index contributed by atoms with van der Waals surface area (Å²) in [4.78, 5) is 25.9. The molecule has 1 fully saturated rings. The van der Waals surface area contributed by atoms with Gasteiger partial charge < -0.3 is 21.1 Å². The van der Waals surface area contributed by atoms with Crippen molar-refractivity contribution in [2.45, 2.75) is 36.7 Å². The molecule has 1 aliphatic rings. The van der Waals surface area contributed by atoms with Gasteiger partial charge in [-0.25, -0.2) is 14.4 Å². The lowest BCUT2D eigenvalue weighted by atomic mass is 10.1. The van der Waals surface area contributed by atoms with Gasteiger partial charge in [-0.1, -0.05) is 29.8 Å². The third kappa shape index (κ3) is 9.02. The van der Waals surface area contributed by atoms with Crippen molar-refractivity contribution in [2.24, 2.45) is 5.73 Å². The molecule has 4 aromatic rings. The summed E-state index contributed by atoms with van der Waals surface area (Å²) >= 11 is 5.93. The predicted octanol–water partition coefficient (Wildman–Crippen LogP) is 3.72. The van der Waals surface area contributed by atoms with Crippen molar-refractivity contribution in [2.75, 3.05) is 25.1 Å². The van der Waals surface area contributed by atoms with Gasteiger partial charge in [-0.2, -0.15) is 13.4 Å². The highest BCUT2D eigenvalue weighted by atomic mass is 35.5. The quantitative estimate of drug-likeness (QED) is 0.210. The number of aryl methyl sites for hydroxylation is 1. The number of nitrogens with two attached hydrogens (primary N) is 1. The Hall–Kier alpha value is -3.95. The second-order valence-electron chi connectivity index (χ2n) is 9.65. The van der Waals surface area contributed by atoms with Gasteiger partial charge in [0.05, 0.1) is 10.9 Å². The molecule has 3 heterocycles. The van der Waals surface area contributed by atoms with Crippen LogP contribution in [0, 0.1) is 12.7 Å². The summed E-state index contributed by atoms with van der Waals surface area (Å²) in [7, 11) is -4.00. The van der Waals surface area contributed by atoms with E-state index in [1.807, 2.05) is 6.92 Å². The largest absolute Gasteiger partial charge is 0.381 e. The van der Waals surface area contributed by atoms with Crippen molar-refractivity contribution in [3.63, 3.8) is 0 Å². The van der Waals surface area contributed by atoms with Gasteiger partial charge in [-0.05, 0) is 55.7 Å². The predicted molar refractivity (Wildman–Crippen MR) is 158 cm³/mol. The minimum absolute atomic E-state index is 0.0679. The Bertz CT molecular complexity index is 1630. The first-order chi connectivity index (χ1) is 20.5. The molecular weight excluding hydrogens is 601 g/mol. The number of hydrogen-bond donors (Lipinski definition) is 4. The zero-order chi connectivity index (χ0) is 31.0. The van der Waals surface area contributed by atoms with Crippen molar-refractivity contribution in [1.29, 1.82) is 0 Å². The number of carbonyl (C=O) groups excluding carboxylic acids is 1.